The van der Waals surface area contributed by atoms with E-state index < -0.39 is 0 Å². The first kappa shape index (κ1) is 7.48. The lowest BCUT2D eigenvalue weighted by Crippen LogP contribution is -1.79. The molecule has 0 nitrogen and oxygen atoms in total. The molecule has 0 aliphatic rings. The molecule has 0 saturated heterocycles. The highest BCUT2D eigenvalue weighted by molar-refractivity contribution is 4.97. The van der Waals surface area contributed by atoms with Crippen molar-refractivity contribution in [2.24, 2.45) is 5.92 Å². The van der Waals surface area contributed by atoms with Crippen molar-refractivity contribution in [2.45, 2.75) is 20.3 Å². The molecule has 0 unspecified atom stereocenters. The molecule has 0 rings (SSSR count). The molecule has 0 heterocycles. The van der Waals surface area contributed by atoms with Crippen molar-refractivity contribution < 1.29 is 0 Å². The van der Waals surface area contributed by atoms with Gasteiger partial charge >= 0.3 is 0 Å². The fourth-order valence-electron chi connectivity index (χ4n) is 0.447. The molecule has 0 aromatic heterocycles. The van der Waals surface area contributed by atoms with Crippen LogP contribution < -0.4 is 0 Å². The Hall–Kier alpha value is -0.520. The van der Waals surface area contributed by atoms with E-state index in [1.54, 1.807) is 0 Å². The van der Waals surface area contributed by atoms with Crippen molar-refractivity contribution >= 4 is 0 Å². The van der Waals surface area contributed by atoms with E-state index in [4.69, 9.17) is 0 Å². The highest BCUT2D eigenvalue weighted by atomic mass is 13.9. The van der Waals surface area contributed by atoms with E-state index in [0.717, 1.165) is 12.3 Å². The Labute approximate surface area is 51.9 Å². The largest absolute Gasteiger partial charge is 0.0991 e. The molecule has 0 fully saturated rings. The third-order valence-electron chi connectivity index (χ3n) is 0.880. The van der Waals surface area contributed by atoms with Crippen molar-refractivity contribution in [2.75, 3.05) is 0 Å². The summed E-state index contributed by atoms with van der Waals surface area (Å²) >= 11 is 0. The molecule has 0 spiro atoms. The molecule has 0 heteroatoms. The summed E-state index contributed by atoms with van der Waals surface area (Å²) in [5, 5.41) is 0. The van der Waals surface area contributed by atoms with Crippen molar-refractivity contribution in [3.8, 4) is 0 Å². The fourth-order valence-corrected chi connectivity index (χ4v) is 0.447. The molecular formula is C8H14. The average Bonchev–Trinajstić information content (AvgIpc) is 1.66. The maximum atomic E-state index is 3.57. The first-order chi connectivity index (χ1) is 3.77. The van der Waals surface area contributed by atoms with E-state index in [9.17, 15) is 0 Å². The van der Waals surface area contributed by atoms with Crippen LogP contribution in [0.15, 0.2) is 24.8 Å². The third kappa shape index (κ3) is 5.48. The van der Waals surface area contributed by atoms with Crippen molar-refractivity contribution in [3.63, 3.8) is 0 Å². The summed E-state index contributed by atoms with van der Waals surface area (Å²) in [7, 11) is 0. The van der Waals surface area contributed by atoms with Crippen LogP contribution in [0.4, 0.5) is 0 Å². The number of hydrogen-bond donors (Lipinski definition) is 0. The smallest absolute Gasteiger partial charge is 0.0324 e. The molecule has 0 aromatic carbocycles. The fraction of sp³-hybridized carbons (Fsp3) is 0.500. The second-order valence-corrected chi connectivity index (χ2v) is 2.29. The summed E-state index contributed by atoms with van der Waals surface area (Å²) in [5.41, 5.74) is 0. The van der Waals surface area contributed by atoms with Crippen LogP contribution in [-0.4, -0.2) is 0 Å². The molecule has 0 amide bonds. The quantitative estimate of drug-likeness (QED) is 0.490. The second-order valence-electron chi connectivity index (χ2n) is 2.29. The number of rotatable bonds is 3. The van der Waals surface area contributed by atoms with Gasteiger partial charge < -0.3 is 0 Å². The standard InChI is InChI=1S/C8H14/c1-4-5-6-7-8(2)3/h4-6,8H,1,7H2,2-3H3/b6-5+. The van der Waals surface area contributed by atoms with E-state index >= 15 is 0 Å². The zero-order chi connectivity index (χ0) is 6.41. The van der Waals surface area contributed by atoms with E-state index in [-0.39, 0.29) is 0 Å². The van der Waals surface area contributed by atoms with Crippen molar-refractivity contribution in [1.29, 1.82) is 0 Å². The van der Waals surface area contributed by atoms with Crippen LogP contribution in [0.1, 0.15) is 20.3 Å². The Morgan fingerprint density at radius 1 is 1.50 bits per heavy atom. The minimum Gasteiger partial charge on any atom is -0.0991 e. The molecular weight excluding hydrogens is 96.1 g/mol. The van der Waals surface area contributed by atoms with Gasteiger partial charge in [0, 0.05) is 0 Å². The minimum absolute atomic E-state index is 0.770. The third-order valence-corrected chi connectivity index (χ3v) is 0.880. The van der Waals surface area contributed by atoms with Crippen LogP contribution in [0.5, 0.6) is 0 Å². The number of hydrogen-bond acceptors (Lipinski definition) is 0. The highest BCUT2D eigenvalue weighted by Crippen LogP contribution is 1.98. The van der Waals surface area contributed by atoms with Gasteiger partial charge in [0.25, 0.3) is 0 Å². The van der Waals surface area contributed by atoms with Gasteiger partial charge in [-0.15, -0.1) is 0 Å². The zero-order valence-electron chi connectivity index (χ0n) is 5.72. The molecule has 0 N–H and O–H groups in total. The van der Waals surface area contributed by atoms with Crippen molar-refractivity contribution in [3.05, 3.63) is 24.8 Å². The molecule has 0 saturated carbocycles. The lowest BCUT2D eigenvalue weighted by atomic mass is 10.1. The normalized spacial score (nSPS) is 10.9. The van der Waals surface area contributed by atoms with E-state index in [1.807, 2.05) is 12.2 Å². The van der Waals surface area contributed by atoms with E-state index in [0.29, 0.717) is 0 Å². The predicted octanol–water partition coefficient (Wildman–Crippen LogP) is 2.77. The SMILES string of the molecule is C=C/C=C/CC(C)C. The van der Waals surface area contributed by atoms with Gasteiger partial charge in [-0.1, -0.05) is 38.7 Å². The second kappa shape index (κ2) is 4.63. The average molecular weight is 110 g/mol. The maximum absolute atomic E-state index is 3.57. The van der Waals surface area contributed by atoms with Crippen molar-refractivity contribution in [1.82, 2.24) is 0 Å². The minimum atomic E-state index is 0.770. The molecule has 46 valence electrons. The Morgan fingerprint density at radius 2 is 2.12 bits per heavy atom. The Morgan fingerprint density at radius 3 is 2.50 bits per heavy atom. The summed E-state index contributed by atoms with van der Waals surface area (Å²) in [5.74, 6) is 0.770. The Balaban J connectivity index is 3.15. The predicted molar refractivity (Wildman–Crippen MR) is 38.8 cm³/mol. The molecule has 0 bridgehead atoms. The molecule has 8 heavy (non-hydrogen) atoms. The van der Waals surface area contributed by atoms with Crippen LogP contribution in [-0.2, 0) is 0 Å². The van der Waals surface area contributed by atoms with Crippen LogP contribution in [0.3, 0.4) is 0 Å². The first-order valence-corrected chi connectivity index (χ1v) is 3.05. The van der Waals surface area contributed by atoms with Gasteiger partial charge in [0.15, 0.2) is 0 Å². The summed E-state index contributed by atoms with van der Waals surface area (Å²) in [6.07, 6.45) is 7.09. The van der Waals surface area contributed by atoms with Crippen LogP contribution >= 0.6 is 0 Å². The van der Waals surface area contributed by atoms with Gasteiger partial charge in [-0.3, -0.25) is 0 Å². The summed E-state index contributed by atoms with van der Waals surface area (Å²) in [6.45, 7) is 7.97. The van der Waals surface area contributed by atoms with Gasteiger partial charge in [-0.2, -0.15) is 0 Å². The highest BCUT2D eigenvalue weighted by Gasteiger charge is 1.84. The summed E-state index contributed by atoms with van der Waals surface area (Å²) in [4.78, 5) is 0. The molecule has 0 aliphatic heterocycles. The molecule has 0 aromatic rings. The van der Waals surface area contributed by atoms with Gasteiger partial charge in [-0.05, 0) is 12.3 Å². The van der Waals surface area contributed by atoms with Gasteiger partial charge in [-0.25, -0.2) is 0 Å². The Bertz CT molecular complexity index is 78.0. The summed E-state index contributed by atoms with van der Waals surface area (Å²) < 4.78 is 0. The lowest BCUT2D eigenvalue weighted by molar-refractivity contribution is 0.664. The van der Waals surface area contributed by atoms with Crippen LogP contribution in [0.2, 0.25) is 0 Å². The lowest BCUT2D eigenvalue weighted by Gasteiger charge is -1.93. The monoisotopic (exact) mass is 110 g/mol. The maximum Gasteiger partial charge on any atom is -0.0324 e. The van der Waals surface area contributed by atoms with Gasteiger partial charge in [0.05, 0.1) is 0 Å². The topological polar surface area (TPSA) is 0 Å². The zero-order valence-corrected chi connectivity index (χ0v) is 5.72. The Kier molecular flexibility index (Phi) is 4.33. The van der Waals surface area contributed by atoms with E-state index in [2.05, 4.69) is 26.5 Å². The van der Waals surface area contributed by atoms with E-state index in [1.165, 1.54) is 0 Å². The number of allylic oxidation sites excluding steroid dienone is 3. The molecule has 0 radical (unpaired) electrons. The molecule has 0 atom stereocenters. The summed E-state index contributed by atoms with van der Waals surface area (Å²) in [6, 6.07) is 0. The van der Waals surface area contributed by atoms with Gasteiger partial charge in [0.2, 0.25) is 0 Å². The van der Waals surface area contributed by atoms with Crippen LogP contribution in [0, 0.1) is 5.92 Å². The van der Waals surface area contributed by atoms with Gasteiger partial charge in [0.1, 0.15) is 0 Å². The van der Waals surface area contributed by atoms with Crippen LogP contribution in [0.25, 0.3) is 0 Å². The first-order valence-electron chi connectivity index (χ1n) is 3.05. The molecule has 0 aliphatic carbocycles.